The molecule has 0 saturated heterocycles. The van der Waals surface area contributed by atoms with E-state index in [2.05, 4.69) is 24.5 Å². The van der Waals surface area contributed by atoms with Gasteiger partial charge in [-0.25, -0.2) is 0 Å². The fourth-order valence-electron chi connectivity index (χ4n) is 1.45. The van der Waals surface area contributed by atoms with Crippen LogP contribution >= 0.6 is 0 Å². The average molecular weight is 128 g/mol. The number of nitrogens with one attached hydrogen (secondary N) is 2. The molecule has 0 spiro atoms. The summed E-state index contributed by atoms with van der Waals surface area (Å²) in [6, 6.07) is 1.46. The van der Waals surface area contributed by atoms with Crippen molar-refractivity contribution in [3.63, 3.8) is 0 Å². The molecule has 2 nitrogen and oxygen atoms in total. The topological polar surface area (TPSA) is 24.1 Å². The van der Waals surface area contributed by atoms with E-state index >= 15 is 0 Å². The van der Waals surface area contributed by atoms with E-state index in [1.807, 2.05) is 7.05 Å². The predicted molar refractivity (Wildman–Crippen MR) is 39.5 cm³/mol. The highest BCUT2D eigenvalue weighted by Gasteiger charge is 2.44. The lowest BCUT2D eigenvalue weighted by atomic mass is 10.5. The molecule has 1 fully saturated rings. The first-order chi connectivity index (χ1) is 4.31. The molecular weight excluding hydrogens is 112 g/mol. The Bertz CT molecular complexity index is 92.9. The minimum atomic E-state index is 0.727. The van der Waals surface area contributed by atoms with Gasteiger partial charge in [0.15, 0.2) is 0 Å². The zero-order valence-electron chi connectivity index (χ0n) is 6.44. The molecule has 54 valence electrons. The fourth-order valence-corrected chi connectivity index (χ4v) is 1.45. The van der Waals surface area contributed by atoms with E-state index in [1.54, 1.807) is 0 Å². The van der Waals surface area contributed by atoms with Gasteiger partial charge in [0.2, 0.25) is 0 Å². The summed E-state index contributed by atoms with van der Waals surface area (Å²) < 4.78 is 0. The van der Waals surface area contributed by atoms with Crippen molar-refractivity contribution in [1.82, 2.24) is 10.6 Å². The lowest BCUT2D eigenvalue weighted by Crippen LogP contribution is -2.24. The maximum absolute atomic E-state index is 3.41. The van der Waals surface area contributed by atoms with Crippen LogP contribution in [0.5, 0.6) is 0 Å². The Morgan fingerprint density at radius 1 is 1.33 bits per heavy atom. The van der Waals surface area contributed by atoms with Crippen LogP contribution in [-0.2, 0) is 0 Å². The molecule has 0 aromatic heterocycles. The van der Waals surface area contributed by atoms with Crippen molar-refractivity contribution in [3.8, 4) is 0 Å². The minimum Gasteiger partial charge on any atom is -0.315 e. The zero-order chi connectivity index (χ0) is 6.85. The zero-order valence-corrected chi connectivity index (χ0v) is 6.44. The summed E-state index contributed by atoms with van der Waals surface area (Å²) in [6.45, 7) is 5.51. The Labute approximate surface area is 57.0 Å². The van der Waals surface area contributed by atoms with Gasteiger partial charge in [-0.2, -0.15) is 0 Å². The smallest absolute Gasteiger partial charge is 0.0265 e. The van der Waals surface area contributed by atoms with Crippen LogP contribution in [0.2, 0.25) is 0 Å². The van der Waals surface area contributed by atoms with E-state index < -0.39 is 0 Å². The summed E-state index contributed by atoms with van der Waals surface area (Å²) in [6.07, 6.45) is 0. The van der Waals surface area contributed by atoms with Crippen LogP contribution in [-0.4, -0.2) is 25.7 Å². The highest BCUT2D eigenvalue weighted by Crippen LogP contribution is 2.29. The number of rotatable bonds is 3. The second kappa shape index (κ2) is 2.67. The molecule has 9 heavy (non-hydrogen) atoms. The maximum Gasteiger partial charge on any atom is 0.0265 e. The monoisotopic (exact) mass is 128 g/mol. The highest BCUT2D eigenvalue weighted by atomic mass is 15.1. The van der Waals surface area contributed by atoms with E-state index in [4.69, 9.17) is 0 Å². The molecular formula is C7H16N2. The summed E-state index contributed by atoms with van der Waals surface area (Å²) >= 11 is 0. The summed E-state index contributed by atoms with van der Waals surface area (Å²) in [5, 5.41) is 6.67. The SMILES string of the molecule is CCNC1C(C)C1NC. The third-order valence-electron chi connectivity index (χ3n) is 2.15. The van der Waals surface area contributed by atoms with Gasteiger partial charge in [-0.05, 0) is 19.5 Å². The summed E-state index contributed by atoms with van der Waals surface area (Å²) in [4.78, 5) is 0. The molecule has 0 bridgehead atoms. The molecule has 0 aromatic carbocycles. The Morgan fingerprint density at radius 2 is 2.00 bits per heavy atom. The second-order valence-electron chi connectivity index (χ2n) is 2.76. The Morgan fingerprint density at radius 3 is 2.33 bits per heavy atom. The van der Waals surface area contributed by atoms with E-state index in [0.717, 1.165) is 24.5 Å². The number of hydrogen-bond donors (Lipinski definition) is 2. The van der Waals surface area contributed by atoms with E-state index in [1.165, 1.54) is 0 Å². The standard InChI is InChI=1S/C7H16N2/c1-4-9-7-5(2)6(7)8-3/h5-9H,4H2,1-3H3. The minimum absolute atomic E-state index is 0.727. The highest BCUT2D eigenvalue weighted by molar-refractivity contribution is 5.05. The van der Waals surface area contributed by atoms with E-state index in [9.17, 15) is 0 Å². The first-order valence-electron chi connectivity index (χ1n) is 3.72. The molecule has 3 atom stereocenters. The Hall–Kier alpha value is -0.0800. The molecule has 2 N–H and O–H groups in total. The first kappa shape index (κ1) is 7.03. The van der Waals surface area contributed by atoms with Crippen molar-refractivity contribution in [1.29, 1.82) is 0 Å². The third-order valence-corrected chi connectivity index (χ3v) is 2.15. The van der Waals surface area contributed by atoms with Crippen LogP contribution in [0.1, 0.15) is 13.8 Å². The molecule has 0 radical (unpaired) electrons. The molecule has 1 aliphatic rings. The van der Waals surface area contributed by atoms with Crippen LogP contribution in [0.25, 0.3) is 0 Å². The molecule has 0 amide bonds. The molecule has 0 aromatic rings. The van der Waals surface area contributed by atoms with Gasteiger partial charge in [-0.1, -0.05) is 13.8 Å². The van der Waals surface area contributed by atoms with E-state index in [0.29, 0.717) is 0 Å². The molecule has 1 aliphatic carbocycles. The van der Waals surface area contributed by atoms with Crippen LogP contribution in [0.4, 0.5) is 0 Å². The van der Waals surface area contributed by atoms with Crippen molar-refractivity contribution in [2.45, 2.75) is 25.9 Å². The van der Waals surface area contributed by atoms with E-state index in [-0.39, 0.29) is 0 Å². The van der Waals surface area contributed by atoms with Crippen molar-refractivity contribution >= 4 is 0 Å². The molecule has 0 heterocycles. The van der Waals surface area contributed by atoms with Gasteiger partial charge < -0.3 is 10.6 Å². The van der Waals surface area contributed by atoms with Crippen molar-refractivity contribution in [3.05, 3.63) is 0 Å². The number of hydrogen-bond acceptors (Lipinski definition) is 2. The largest absolute Gasteiger partial charge is 0.315 e. The normalized spacial score (nSPS) is 41.0. The van der Waals surface area contributed by atoms with Crippen molar-refractivity contribution < 1.29 is 0 Å². The Balaban J connectivity index is 2.17. The van der Waals surface area contributed by atoms with Gasteiger partial charge in [-0.15, -0.1) is 0 Å². The van der Waals surface area contributed by atoms with Crippen LogP contribution < -0.4 is 10.6 Å². The summed E-state index contributed by atoms with van der Waals surface area (Å²) in [5.74, 6) is 0.829. The average Bonchev–Trinajstić information content (AvgIpc) is 2.44. The molecule has 1 saturated carbocycles. The lowest BCUT2D eigenvalue weighted by Gasteiger charge is -1.96. The number of likely N-dealkylation sites (N-methyl/N-ethyl adjacent to an activating group) is 2. The lowest BCUT2D eigenvalue weighted by molar-refractivity contribution is 0.657. The summed E-state index contributed by atoms with van der Waals surface area (Å²) in [7, 11) is 2.03. The fraction of sp³-hybridized carbons (Fsp3) is 1.00. The molecule has 1 rings (SSSR count). The van der Waals surface area contributed by atoms with Crippen molar-refractivity contribution in [2.24, 2.45) is 5.92 Å². The van der Waals surface area contributed by atoms with Crippen LogP contribution in [0.15, 0.2) is 0 Å². The van der Waals surface area contributed by atoms with Crippen LogP contribution in [0.3, 0.4) is 0 Å². The Kier molecular flexibility index (Phi) is 2.09. The van der Waals surface area contributed by atoms with Crippen molar-refractivity contribution in [2.75, 3.05) is 13.6 Å². The van der Waals surface area contributed by atoms with Crippen LogP contribution in [0, 0.1) is 5.92 Å². The summed E-state index contributed by atoms with van der Waals surface area (Å²) in [5.41, 5.74) is 0. The van der Waals surface area contributed by atoms with Gasteiger partial charge in [0.1, 0.15) is 0 Å². The second-order valence-corrected chi connectivity index (χ2v) is 2.76. The molecule has 3 unspecified atom stereocenters. The molecule has 0 aliphatic heterocycles. The van der Waals surface area contributed by atoms with Gasteiger partial charge in [0.25, 0.3) is 0 Å². The van der Waals surface area contributed by atoms with Gasteiger partial charge >= 0.3 is 0 Å². The van der Waals surface area contributed by atoms with Gasteiger partial charge in [0, 0.05) is 12.1 Å². The maximum atomic E-state index is 3.41. The van der Waals surface area contributed by atoms with Gasteiger partial charge in [0.05, 0.1) is 0 Å². The predicted octanol–water partition coefficient (Wildman–Crippen LogP) is 0.202. The van der Waals surface area contributed by atoms with Gasteiger partial charge in [-0.3, -0.25) is 0 Å². The first-order valence-corrected chi connectivity index (χ1v) is 3.72. The quantitative estimate of drug-likeness (QED) is 0.567. The molecule has 2 heteroatoms. The third kappa shape index (κ3) is 1.25.